The quantitative estimate of drug-likeness (QED) is 0.395. The summed E-state index contributed by atoms with van der Waals surface area (Å²) >= 11 is 0. The van der Waals surface area contributed by atoms with Gasteiger partial charge in [0.15, 0.2) is 0 Å². The molecule has 2 unspecified atom stereocenters. The summed E-state index contributed by atoms with van der Waals surface area (Å²) in [6.45, 7) is 11.3. The maximum Gasteiger partial charge on any atom is 0.408 e. The van der Waals surface area contributed by atoms with E-state index in [4.69, 9.17) is 10.5 Å². The van der Waals surface area contributed by atoms with Gasteiger partial charge in [0, 0.05) is 19.0 Å². The Morgan fingerprint density at radius 1 is 1.05 bits per heavy atom. The smallest absolute Gasteiger partial charge is 0.408 e. The van der Waals surface area contributed by atoms with Crippen LogP contribution >= 0.6 is 0 Å². The van der Waals surface area contributed by atoms with E-state index in [0.717, 1.165) is 43.2 Å². The van der Waals surface area contributed by atoms with E-state index in [0.29, 0.717) is 12.0 Å². The lowest BCUT2D eigenvalue weighted by molar-refractivity contribution is -0.143. The van der Waals surface area contributed by atoms with E-state index in [1.54, 1.807) is 20.8 Å². The van der Waals surface area contributed by atoms with Crippen molar-refractivity contribution in [3.8, 4) is 0 Å². The fourth-order valence-corrected chi connectivity index (χ4v) is 4.97. The Balaban J connectivity index is 2.47. The minimum absolute atomic E-state index is 0.00255. The summed E-state index contributed by atoms with van der Waals surface area (Å²) in [6.07, 6.45) is 4.82. The van der Waals surface area contributed by atoms with Crippen LogP contribution in [-0.4, -0.2) is 52.9 Å². The van der Waals surface area contributed by atoms with Crippen molar-refractivity contribution in [2.24, 2.45) is 5.73 Å². The number of primary amides is 1. The molecular weight excluding hydrogens is 484 g/mol. The van der Waals surface area contributed by atoms with Crippen LogP contribution < -0.4 is 16.4 Å². The third-order valence-corrected chi connectivity index (χ3v) is 6.49. The zero-order valence-electron chi connectivity index (χ0n) is 23.9. The Bertz CT molecular complexity index is 961. The molecule has 2 rings (SSSR count). The lowest BCUT2D eigenvalue weighted by atomic mass is 9.94. The average molecular weight is 531 g/mol. The monoisotopic (exact) mass is 530 g/mol. The number of amides is 4. The molecule has 1 aliphatic carbocycles. The number of hydrogen-bond acceptors (Lipinski definition) is 5. The summed E-state index contributed by atoms with van der Waals surface area (Å²) in [7, 11) is 0. The van der Waals surface area contributed by atoms with E-state index in [1.807, 2.05) is 39.0 Å². The van der Waals surface area contributed by atoms with Gasteiger partial charge in [0.05, 0.1) is 0 Å². The van der Waals surface area contributed by atoms with Crippen molar-refractivity contribution in [3.63, 3.8) is 0 Å². The van der Waals surface area contributed by atoms with Crippen molar-refractivity contribution in [2.75, 3.05) is 6.54 Å². The van der Waals surface area contributed by atoms with E-state index in [1.165, 1.54) is 4.90 Å². The molecule has 0 saturated heterocycles. The molecule has 0 spiro atoms. The fraction of sp³-hybridized carbons (Fsp3) is 0.655. The molecule has 0 radical (unpaired) electrons. The second-order valence-corrected chi connectivity index (χ2v) is 11.4. The SMILES string of the molecule is CCCN(C(=O)C(CCC(N)=O)NC(=O)OC(C)(C)C)C(C(=O)NC1CCCCC1)c1cc(C)cc(C)c1. The van der Waals surface area contributed by atoms with Gasteiger partial charge >= 0.3 is 6.09 Å². The number of nitrogens with zero attached hydrogens (tertiary/aromatic N) is 1. The third-order valence-electron chi connectivity index (χ3n) is 6.49. The number of nitrogens with one attached hydrogen (secondary N) is 2. The Labute approximate surface area is 227 Å². The second kappa shape index (κ2) is 14.2. The van der Waals surface area contributed by atoms with Crippen LogP contribution in [0.3, 0.4) is 0 Å². The van der Waals surface area contributed by atoms with Gasteiger partial charge in [-0.25, -0.2) is 4.79 Å². The standard InChI is InChI=1S/C29H46N4O5/c1-7-15-33(27(36)23(13-14-24(30)34)32-28(37)38-29(4,5)6)25(21-17-19(2)16-20(3)18-21)26(35)31-22-11-9-8-10-12-22/h16-18,22-23,25H,7-15H2,1-6H3,(H2,30,34)(H,31,35)(H,32,37). The molecule has 4 amide bonds. The normalized spacial score (nSPS) is 15.7. The molecule has 0 heterocycles. The number of nitrogens with two attached hydrogens (primary N) is 1. The van der Waals surface area contributed by atoms with Crippen molar-refractivity contribution in [2.45, 2.75) is 117 Å². The number of hydrogen-bond donors (Lipinski definition) is 3. The summed E-state index contributed by atoms with van der Waals surface area (Å²) < 4.78 is 5.37. The lowest BCUT2D eigenvalue weighted by Gasteiger charge is -2.36. The zero-order valence-corrected chi connectivity index (χ0v) is 23.9. The average Bonchev–Trinajstić information content (AvgIpc) is 2.79. The van der Waals surface area contributed by atoms with Crippen LogP contribution in [0.4, 0.5) is 4.79 Å². The predicted molar refractivity (Wildman–Crippen MR) is 147 cm³/mol. The minimum atomic E-state index is -1.08. The van der Waals surface area contributed by atoms with Crippen molar-refractivity contribution in [1.82, 2.24) is 15.5 Å². The molecule has 1 aromatic carbocycles. The Kier molecular flexibility index (Phi) is 11.6. The van der Waals surface area contributed by atoms with E-state index >= 15 is 0 Å². The molecule has 0 bridgehead atoms. The molecule has 1 aliphatic rings. The number of rotatable bonds is 11. The number of carbonyl (C=O) groups excluding carboxylic acids is 4. The minimum Gasteiger partial charge on any atom is -0.444 e. The molecular formula is C29H46N4O5. The highest BCUT2D eigenvalue weighted by molar-refractivity contribution is 5.92. The topological polar surface area (TPSA) is 131 Å². The number of ether oxygens (including phenoxy) is 1. The first-order valence-electron chi connectivity index (χ1n) is 13.8. The fourth-order valence-electron chi connectivity index (χ4n) is 4.97. The van der Waals surface area contributed by atoms with E-state index in [9.17, 15) is 19.2 Å². The Hall–Kier alpha value is -3.10. The van der Waals surface area contributed by atoms with E-state index in [-0.39, 0.29) is 31.3 Å². The summed E-state index contributed by atoms with van der Waals surface area (Å²) in [5, 5.41) is 5.82. The predicted octanol–water partition coefficient (Wildman–Crippen LogP) is 4.19. The zero-order chi connectivity index (χ0) is 28.5. The van der Waals surface area contributed by atoms with Gasteiger partial charge in [-0.05, 0) is 65.9 Å². The maximum absolute atomic E-state index is 14.1. The number of alkyl carbamates (subject to hydrolysis) is 1. The van der Waals surface area contributed by atoms with Crippen LogP contribution in [0.15, 0.2) is 18.2 Å². The molecule has 1 fully saturated rings. The van der Waals surface area contributed by atoms with Gasteiger partial charge in [0.1, 0.15) is 17.7 Å². The molecule has 1 saturated carbocycles. The maximum atomic E-state index is 14.1. The first kappa shape index (κ1) is 31.1. The van der Waals surface area contributed by atoms with Gasteiger partial charge in [-0.1, -0.05) is 55.5 Å². The van der Waals surface area contributed by atoms with Gasteiger partial charge in [0.2, 0.25) is 17.7 Å². The van der Waals surface area contributed by atoms with Crippen LogP contribution in [0.2, 0.25) is 0 Å². The Morgan fingerprint density at radius 2 is 1.66 bits per heavy atom. The highest BCUT2D eigenvalue weighted by atomic mass is 16.6. The van der Waals surface area contributed by atoms with E-state index in [2.05, 4.69) is 10.6 Å². The Morgan fingerprint density at radius 3 is 2.18 bits per heavy atom. The molecule has 9 heteroatoms. The van der Waals surface area contributed by atoms with Crippen LogP contribution in [-0.2, 0) is 19.1 Å². The number of benzene rings is 1. The van der Waals surface area contributed by atoms with Crippen molar-refractivity contribution in [1.29, 1.82) is 0 Å². The summed E-state index contributed by atoms with van der Waals surface area (Å²) in [5.74, 6) is -1.28. The van der Waals surface area contributed by atoms with Gasteiger partial charge in [-0.3, -0.25) is 14.4 Å². The molecule has 0 aliphatic heterocycles. The molecule has 0 aromatic heterocycles. The molecule has 38 heavy (non-hydrogen) atoms. The van der Waals surface area contributed by atoms with Crippen molar-refractivity contribution >= 4 is 23.8 Å². The van der Waals surface area contributed by atoms with Gasteiger partial charge < -0.3 is 26.0 Å². The molecule has 4 N–H and O–H groups in total. The summed E-state index contributed by atoms with van der Waals surface area (Å²) in [4.78, 5) is 53.6. The van der Waals surface area contributed by atoms with Crippen LogP contribution in [0.1, 0.15) is 102 Å². The molecule has 1 aromatic rings. The van der Waals surface area contributed by atoms with Gasteiger partial charge in [-0.2, -0.15) is 0 Å². The van der Waals surface area contributed by atoms with E-state index < -0.39 is 35.6 Å². The number of aryl methyl sites for hydroxylation is 2. The first-order valence-corrected chi connectivity index (χ1v) is 13.8. The number of carbonyl (C=O) groups is 4. The largest absolute Gasteiger partial charge is 0.444 e. The van der Waals surface area contributed by atoms with Crippen LogP contribution in [0.5, 0.6) is 0 Å². The molecule has 2 atom stereocenters. The highest BCUT2D eigenvalue weighted by Crippen LogP contribution is 2.27. The van der Waals surface area contributed by atoms with Gasteiger partial charge in [-0.15, -0.1) is 0 Å². The van der Waals surface area contributed by atoms with Crippen molar-refractivity contribution in [3.05, 3.63) is 34.9 Å². The molecule has 9 nitrogen and oxygen atoms in total. The molecule has 212 valence electrons. The van der Waals surface area contributed by atoms with Gasteiger partial charge in [0.25, 0.3) is 0 Å². The highest BCUT2D eigenvalue weighted by Gasteiger charge is 2.37. The third kappa shape index (κ3) is 9.99. The first-order chi connectivity index (χ1) is 17.8. The summed E-state index contributed by atoms with van der Waals surface area (Å²) in [5.41, 5.74) is 7.28. The second-order valence-electron chi connectivity index (χ2n) is 11.4. The van der Waals surface area contributed by atoms with Crippen LogP contribution in [0.25, 0.3) is 0 Å². The lowest BCUT2D eigenvalue weighted by Crippen LogP contribution is -2.54. The van der Waals surface area contributed by atoms with Crippen LogP contribution in [0, 0.1) is 13.8 Å². The van der Waals surface area contributed by atoms with Crippen molar-refractivity contribution < 1.29 is 23.9 Å². The summed E-state index contributed by atoms with van der Waals surface area (Å²) in [6, 6.07) is 3.96.